The molecule has 0 aliphatic carbocycles. The van der Waals surface area contributed by atoms with Crippen molar-refractivity contribution < 1.29 is 23.1 Å². The Morgan fingerprint density at radius 1 is 1.10 bits per heavy atom. The highest BCUT2D eigenvalue weighted by molar-refractivity contribution is 6.30. The highest BCUT2D eigenvalue weighted by Crippen LogP contribution is 2.42. The SMILES string of the molecule is O=C1[C@@H](N2CCC(c3ccc(O)cc3)C(F)(F)C2)CCN1Cc1ccc(Cl)c(F)c1. The van der Waals surface area contributed by atoms with E-state index >= 15 is 0 Å². The second-order valence-corrected chi connectivity index (χ2v) is 8.38. The molecule has 0 spiro atoms. The molecule has 2 atom stereocenters. The molecule has 0 saturated carbocycles. The van der Waals surface area contributed by atoms with E-state index in [-0.39, 0.29) is 29.6 Å². The number of carbonyl (C=O) groups excluding carboxylic acids is 1. The van der Waals surface area contributed by atoms with Gasteiger partial charge in [0.15, 0.2) is 0 Å². The predicted molar refractivity (Wildman–Crippen MR) is 107 cm³/mol. The van der Waals surface area contributed by atoms with Gasteiger partial charge in [0.05, 0.1) is 23.5 Å². The molecule has 0 radical (unpaired) electrons. The van der Waals surface area contributed by atoms with Gasteiger partial charge < -0.3 is 10.0 Å². The molecule has 1 N–H and O–H groups in total. The third-order valence-corrected chi connectivity index (χ3v) is 6.30. The number of phenols is 1. The van der Waals surface area contributed by atoms with E-state index in [1.165, 1.54) is 36.4 Å². The summed E-state index contributed by atoms with van der Waals surface area (Å²) in [5, 5.41) is 9.41. The number of nitrogens with zero attached hydrogens (tertiary/aromatic N) is 2. The first-order chi connectivity index (χ1) is 14.2. The lowest BCUT2D eigenvalue weighted by molar-refractivity contribution is -0.138. The Kier molecular flexibility index (Phi) is 5.68. The van der Waals surface area contributed by atoms with Gasteiger partial charge >= 0.3 is 0 Å². The summed E-state index contributed by atoms with van der Waals surface area (Å²) in [6, 6.07) is 9.68. The van der Waals surface area contributed by atoms with Gasteiger partial charge in [-0.2, -0.15) is 0 Å². The Morgan fingerprint density at radius 3 is 2.50 bits per heavy atom. The number of aromatic hydroxyl groups is 1. The lowest BCUT2D eigenvalue weighted by atomic mass is 9.85. The number of amides is 1. The molecule has 30 heavy (non-hydrogen) atoms. The zero-order valence-corrected chi connectivity index (χ0v) is 17.0. The Labute approximate surface area is 177 Å². The molecular formula is C22H22ClF3N2O2. The van der Waals surface area contributed by atoms with Gasteiger partial charge in [0.2, 0.25) is 5.91 Å². The maximum atomic E-state index is 14.9. The minimum absolute atomic E-state index is 0.0168. The van der Waals surface area contributed by atoms with Crippen LogP contribution in [0, 0.1) is 5.82 Å². The minimum atomic E-state index is -2.98. The standard InChI is InChI=1S/C22H22ClF3N2O2/c23-18-6-1-14(11-19(18)24)12-27-10-8-20(21(27)30)28-9-7-17(22(25,26)13-28)15-2-4-16(29)5-3-15/h1-6,11,17,20,29H,7-10,12-13H2/t17?,20-/m0/s1. The summed E-state index contributed by atoms with van der Waals surface area (Å²) in [7, 11) is 0. The van der Waals surface area contributed by atoms with Gasteiger partial charge in [0, 0.05) is 13.1 Å². The van der Waals surface area contributed by atoms with Crippen LogP contribution in [0.4, 0.5) is 13.2 Å². The Hall–Kier alpha value is -2.25. The van der Waals surface area contributed by atoms with Crippen molar-refractivity contribution in [3.8, 4) is 5.75 Å². The number of alkyl halides is 2. The number of piperidine rings is 1. The van der Waals surface area contributed by atoms with Crippen molar-refractivity contribution in [1.29, 1.82) is 0 Å². The fourth-order valence-corrected chi connectivity index (χ4v) is 4.54. The van der Waals surface area contributed by atoms with Crippen molar-refractivity contribution in [1.82, 2.24) is 9.80 Å². The Morgan fingerprint density at radius 2 is 1.83 bits per heavy atom. The number of likely N-dealkylation sites (tertiary alicyclic amines) is 2. The van der Waals surface area contributed by atoms with E-state index in [0.29, 0.717) is 30.6 Å². The number of benzene rings is 2. The maximum absolute atomic E-state index is 14.9. The third-order valence-electron chi connectivity index (χ3n) is 5.99. The van der Waals surface area contributed by atoms with E-state index in [1.807, 2.05) is 0 Å². The summed E-state index contributed by atoms with van der Waals surface area (Å²) in [5.74, 6) is -4.64. The van der Waals surface area contributed by atoms with Gasteiger partial charge in [0.25, 0.3) is 5.92 Å². The molecule has 2 fully saturated rings. The fraction of sp³-hybridized carbons (Fsp3) is 0.409. The van der Waals surface area contributed by atoms with Crippen molar-refractivity contribution in [2.24, 2.45) is 0 Å². The lowest BCUT2D eigenvalue weighted by Gasteiger charge is -2.40. The largest absolute Gasteiger partial charge is 0.508 e. The number of hydrogen-bond acceptors (Lipinski definition) is 3. The summed E-state index contributed by atoms with van der Waals surface area (Å²) < 4.78 is 43.5. The predicted octanol–water partition coefficient (Wildman–Crippen LogP) is 4.41. The molecule has 2 aliphatic heterocycles. The lowest BCUT2D eigenvalue weighted by Crippen LogP contribution is -2.53. The highest BCUT2D eigenvalue weighted by Gasteiger charge is 2.49. The molecule has 2 aliphatic rings. The molecule has 0 bridgehead atoms. The van der Waals surface area contributed by atoms with Gasteiger partial charge in [-0.25, -0.2) is 13.2 Å². The van der Waals surface area contributed by atoms with Gasteiger partial charge in [-0.1, -0.05) is 29.8 Å². The second kappa shape index (κ2) is 8.12. The highest BCUT2D eigenvalue weighted by atomic mass is 35.5. The molecule has 2 heterocycles. The molecule has 160 valence electrons. The third kappa shape index (κ3) is 4.14. The first-order valence-electron chi connectivity index (χ1n) is 9.88. The van der Waals surface area contributed by atoms with Crippen molar-refractivity contribution in [2.75, 3.05) is 19.6 Å². The molecule has 2 aromatic rings. The van der Waals surface area contributed by atoms with Crippen molar-refractivity contribution in [3.05, 3.63) is 64.4 Å². The zero-order valence-electron chi connectivity index (χ0n) is 16.2. The van der Waals surface area contributed by atoms with E-state index < -0.39 is 30.2 Å². The van der Waals surface area contributed by atoms with Gasteiger partial charge in [-0.15, -0.1) is 0 Å². The Bertz CT molecular complexity index is 938. The van der Waals surface area contributed by atoms with Gasteiger partial charge in [0.1, 0.15) is 11.6 Å². The van der Waals surface area contributed by atoms with Crippen LogP contribution < -0.4 is 0 Å². The molecule has 8 heteroatoms. The molecule has 1 unspecified atom stereocenters. The molecule has 4 nitrogen and oxygen atoms in total. The summed E-state index contributed by atoms with van der Waals surface area (Å²) in [6.45, 7) is 0.570. The van der Waals surface area contributed by atoms with E-state index in [0.717, 1.165) is 0 Å². The smallest absolute Gasteiger partial charge is 0.267 e. The van der Waals surface area contributed by atoms with Crippen LogP contribution >= 0.6 is 11.6 Å². The second-order valence-electron chi connectivity index (χ2n) is 7.98. The quantitative estimate of drug-likeness (QED) is 0.769. The zero-order chi connectivity index (χ0) is 21.5. The molecule has 2 aromatic carbocycles. The molecule has 2 saturated heterocycles. The average molecular weight is 439 g/mol. The first-order valence-corrected chi connectivity index (χ1v) is 10.3. The van der Waals surface area contributed by atoms with Crippen LogP contribution in [-0.4, -0.2) is 52.4 Å². The van der Waals surface area contributed by atoms with Crippen LogP contribution in [0.2, 0.25) is 5.02 Å². The average Bonchev–Trinajstić information content (AvgIpc) is 3.05. The van der Waals surface area contributed by atoms with E-state index in [2.05, 4.69) is 0 Å². The van der Waals surface area contributed by atoms with E-state index in [1.54, 1.807) is 15.9 Å². The van der Waals surface area contributed by atoms with Crippen molar-refractivity contribution >= 4 is 17.5 Å². The summed E-state index contributed by atoms with van der Waals surface area (Å²) in [4.78, 5) is 16.0. The number of phenolic OH excluding ortho intramolecular Hbond substituents is 1. The van der Waals surface area contributed by atoms with Gasteiger partial charge in [-0.3, -0.25) is 9.69 Å². The number of carbonyl (C=O) groups is 1. The van der Waals surface area contributed by atoms with E-state index in [9.17, 15) is 23.1 Å². The summed E-state index contributed by atoms with van der Waals surface area (Å²) >= 11 is 5.70. The van der Waals surface area contributed by atoms with Gasteiger partial charge in [-0.05, 0) is 54.8 Å². The van der Waals surface area contributed by atoms with Crippen LogP contribution in [-0.2, 0) is 11.3 Å². The number of halogens is 4. The normalized spacial score (nSPS) is 24.4. The van der Waals surface area contributed by atoms with Crippen LogP contribution in [0.15, 0.2) is 42.5 Å². The molecular weight excluding hydrogens is 417 g/mol. The van der Waals surface area contributed by atoms with Crippen LogP contribution in [0.3, 0.4) is 0 Å². The van der Waals surface area contributed by atoms with Crippen molar-refractivity contribution in [3.63, 3.8) is 0 Å². The topological polar surface area (TPSA) is 43.8 Å². The minimum Gasteiger partial charge on any atom is -0.508 e. The van der Waals surface area contributed by atoms with Crippen LogP contribution in [0.5, 0.6) is 5.75 Å². The fourth-order valence-electron chi connectivity index (χ4n) is 4.43. The summed E-state index contributed by atoms with van der Waals surface area (Å²) in [5.41, 5.74) is 1.10. The van der Waals surface area contributed by atoms with Crippen molar-refractivity contribution in [2.45, 2.75) is 37.3 Å². The monoisotopic (exact) mass is 438 g/mol. The van der Waals surface area contributed by atoms with Crippen LogP contribution in [0.25, 0.3) is 0 Å². The maximum Gasteiger partial charge on any atom is 0.267 e. The number of hydrogen-bond donors (Lipinski definition) is 1. The van der Waals surface area contributed by atoms with E-state index in [4.69, 9.17) is 11.6 Å². The molecule has 4 rings (SSSR count). The first kappa shape index (κ1) is 21.0. The molecule has 0 aromatic heterocycles. The Balaban J connectivity index is 1.42. The molecule has 1 amide bonds. The van der Waals surface area contributed by atoms with Crippen LogP contribution in [0.1, 0.15) is 29.9 Å². The summed E-state index contributed by atoms with van der Waals surface area (Å²) in [6.07, 6.45) is 0.693. The number of rotatable bonds is 4.